The molecule has 0 unspecified atom stereocenters. The second-order valence-electron chi connectivity index (χ2n) is 7.67. The maximum atomic E-state index is 10.8. The summed E-state index contributed by atoms with van der Waals surface area (Å²) in [6.07, 6.45) is 0. The molecule has 0 fully saturated rings. The lowest BCUT2D eigenvalue weighted by atomic mass is 9.78. The highest BCUT2D eigenvalue weighted by Gasteiger charge is 2.35. The van der Waals surface area contributed by atoms with Crippen molar-refractivity contribution in [3.63, 3.8) is 0 Å². The third-order valence-corrected chi connectivity index (χ3v) is 5.96. The monoisotopic (exact) mass is 390 g/mol. The van der Waals surface area contributed by atoms with Gasteiger partial charge in [0.2, 0.25) is 0 Å². The van der Waals surface area contributed by atoms with Crippen molar-refractivity contribution in [3.8, 4) is 23.0 Å². The zero-order valence-corrected chi connectivity index (χ0v) is 16.0. The largest absolute Gasteiger partial charge is 0.504 e. The summed E-state index contributed by atoms with van der Waals surface area (Å²) in [5.41, 5.74) is 2.91. The van der Waals surface area contributed by atoms with E-state index >= 15 is 0 Å². The van der Waals surface area contributed by atoms with E-state index in [0.29, 0.717) is 11.5 Å². The van der Waals surface area contributed by atoms with Crippen molar-refractivity contribution >= 4 is 21.5 Å². The van der Waals surface area contributed by atoms with Gasteiger partial charge in [-0.05, 0) is 39.2 Å². The smallest absolute Gasteiger partial charge is 0.174 e. The summed E-state index contributed by atoms with van der Waals surface area (Å²) in [7, 11) is 0. The van der Waals surface area contributed by atoms with Crippen molar-refractivity contribution in [1.29, 1.82) is 0 Å². The van der Waals surface area contributed by atoms with E-state index in [2.05, 4.69) is 24.3 Å². The molecular weight excluding hydrogens is 372 g/mol. The van der Waals surface area contributed by atoms with Gasteiger partial charge in [0.25, 0.3) is 0 Å². The topological polar surface area (TPSA) is 49.7 Å². The second kappa shape index (κ2) is 6.26. The molecule has 0 atom stereocenters. The van der Waals surface area contributed by atoms with Crippen LogP contribution < -0.4 is 4.74 Å². The lowest BCUT2D eigenvalue weighted by molar-refractivity contribution is 0.372. The minimum atomic E-state index is -0.195. The molecule has 5 aromatic carbocycles. The van der Waals surface area contributed by atoms with Gasteiger partial charge in [-0.25, -0.2) is 0 Å². The van der Waals surface area contributed by atoms with Gasteiger partial charge in [0, 0.05) is 17.0 Å². The second-order valence-corrected chi connectivity index (χ2v) is 7.67. The van der Waals surface area contributed by atoms with E-state index in [4.69, 9.17) is 4.74 Å². The minimum Gasteiger partial charge on any atom is -0.504 e. The van der Waals surface area contributed by atoms with Crippen LogP contribution in [0.1, 0.15) is 22.6 Å². The number of benzene rings is 5. The number of fused-ring (bicyclic) bond motifs is 6. The van der Waals surface area contributed by atoms with Crippen LogP contribution in [-0.4, -0.2) is 10.2 Å². The Balaban J connectivity index is 1.81. The number of phenols is 2. The maximum absolute atomic E-state index is 10.8. The van der Waals surface area contributed by atoms with Crippen LogP contribution in [0.4, 0.5) is 0 Å². The van der Waals surface area contributed by atoms with Crippen molar-refractivity contribution in [3.05, 3.63) is 108 Å². The molecule has 2 N–H and O–H groups in total. The quantitative estimate of drug-likeness (QED) is 0.329. The molecule has 3 heteroatoms. The normalized spacial score (nSPS) is 13.1. The van der Waals surface area contributed by atoms with Crippen LogP contribution >= 0.6 is 0 Å². The Morgan fingerprint density at radius 1 is 0.567 bits per heavy atom. The van der Waals surface area contributed by atoms with E-state index < -0.39 is 0 Å². The third-order valence-electron chi connectivity index (χ3n) is 5.96. The van der Waals surface area contributed by atoms with E-state index in [9.17, 15) is 10.2 Å². The minimum absolute atomic E-state index is 0.0721. The van der Waals surface area contributed by atoms with Crippen molar-refractivity contribution in [2.24, 2.45) is 0 Å². The van der Waals surface area contributed by atoms with Crippen LogP contribution in [-0.2, 0) is 0 Å². The Labute approximate surface area is 173 Å². The van der Waals surface area contributed by atoms with Crippen LogP contribution in [0.5, 0.6) is 23.0 Å². The Bertz CT molecular complexity index is 1350. The van der Waals surface area contributed by atoms with Gasteiger partial charge in [-0.2, -0.15) is 0 Å². The first kappa shape index (κ1) is 16.9. The molecule has 1 heterocycles. The molecule has 0 saturated heterocycles. The first-order valence-corrected chi connectivity index (χ1v) is 9.94. The highest BCUT2D eigenvalue weighted by molar-refractivity contribution is 5.97. The molecule has 30 heavy (non-hydrogen) atoms. The van der Waals surface area contributed by atoms with E-state index in [1.165, 1.54) is 0 Å². The third kappa shape index (κ3) is 2.32. The summed E-state index contributed by atoms with van der Waals surface area (Å²) < 4.78 is 6.21. The SMILES string of the molecule is Oc1cc2ccccc2c2c1Oc1c(O)cc3ccccc3c1C2c1ccccc1. The van der Waals surface area contributed by atoms with Crippen LogP contribution in [0.3, 0.4) is 0 Å². The first-order chi connectivity index (χ1) is 14.7. The number of aromatic hydroxyl groups is 2. The van der Waals surface area contributed by atoms with E-state index in [0.717, 1.165) is 38.2 Å². The first-order valence-electron chi connectivity index (χ1n) is 9.94. The predicted octanol–water partition coefficient (Wildman–Crippen LogP) is 6.69. The van der Waals surface area contributed by atoms with Crippen molar-refractivity contribution in [1.82, 2.24) is 0 Å². The van der Waals surface area contributed by atoms with Crippen molar-refractivity contribution < 1.29 is 14.9 Å². The Kier molecular flexibility index (Phi) is 3.53. The fraction of sp³-hybridized carbons (Fsp3) is 0.0370. The number of ether oxygens (including phenoxy) is 1. The van der Waals surface area contributed by atoms with Crippen molar-refractivity contribution in [2.75, 3.05) is 0 Å². The molecular formula is C27H18O3. The number of rotatable bonds is 1. The Morgan fingerprint density at radius 3 is 1.57 bits per heavy atom. The fourth-order valence-corrected chi connectivity index (χ4v) is 4.70. The van der Waals surface area contributed by atoms with Crippen LogP contribution in [0, 0.1) is 0 Å². The van der Waals surface area contributed by atoms with Gasteiger partial charge in [-0.1, -0.05) is 78.9 Å². The Hall–Kier alpha value is -3.98. The molecule has 0 aliphatic carbocycles. The number of phenolic OH excluding ortho intramolecular Hbond substituents is 2. The van der Waals surface area contributed by atoms with E-state index in [-0.39, 0.29) is 17.4 Å². The number of hydrogen-bond donors (Lipinski definition) is 2. The Morgan fingerprint density at radius 2 is 1.03 bits per heavy atom. The summed E-state index contributed by atoms with van der Waals surface area (Å²) in [4.78, 5) is 0. The van der Waals surface area contributed by atoms with Crippen LogP contribution in [0.15, 0.2) is 91.0 Å². The lowest BCUT2D eigenvalue weighted by Crippen LogP contribution is -2.13. The summed E-state index contributed by atoms with van der Waals surface area (Å²) in [5.74, 6) is 0.755. The zero-order chi connectivity index (χ0) is 20.2. The van der Waals surface area contributed by atoms with Crippen molar-refractivity contribution in [2.45, 2.75) is 5.92 Å². The molecule has 6 rings (SSSR count). The molecule has 144 valence electrons. The molecule has 0 spiro atoms. The summed E-state index contributed by atoms with van der Waals surface area (Å²) in [5, 5.41) is 25.6. The molecule has 1 aliphatic rings. The molecule has 0 bridgehead atoms. The van der Waals surface area contributed by atoms with Gasteiger partial charge in [0.05, 0.1) is 0 Å². The average Bonchev–Trinajstić information content (AvgIpc) is 2.79. The van der Waals surface area contributed by atoms with E-state index in [1.807, 2.05) is 54.6 Å². The van der Waals surface area contributed by atoms with Crippen LogP contribution in [0.2, 0.25) is 0 Å². The summed E-state index contributed by atoms with van der Waals surface area (Å²) >= 11 is 0. The van der Waals surface area contributed by atoms with Gasteiger partial charge in [-0.15, -0.1) is 0 Å². The van der Waals surface area contributed by atoms with Gasteiger partial charge >= 0.3 is 0 Å². The van der Waals surface area contributed by atoms with Gasteiger partial charge in [0.15, 0.2) is 23.0 Å². The fourth-order valence-electron chi connectivity index (χ4n) is 4.70. The van der Waals surface area contributed by atoms with Crippen LogP contribution in [0.25, 0.3) is 21.5 Å². The molecule has 5 aromatic rings. The molecule has 3 nitrogen and oxygen atoms in total. The maximum Gasteiger partial charge on any atom is 0.174 e. The predicted molar refractivity (Wildman–Crippen MR) is 119 cm³/mol. The zero-order valence-electron chi connectivity index (χ0n) is 16.0. The summed E-state index contributed by atoms with van der Waals surface area (Å²) in [6, 6.07) is 29.7. The van der Waals surface area contributed by atoms with Gasteiger partial charge in [-0.3, -0.25) is 0 Å². The average molecular weight is 390 g/mol. The highest BCUT2D eigenvalue weighted by atomic mass is 16.5. The van der Waals surface area contributed by atoms with Gasteiger partial charge in [0.1, 0.15) is 0 Å². The summed E-state index contributed by atoms with van der Waals surface area (Å²) in [6.45, 7) is 0. The van der Waals surface area contributed by atoms with Gasteiger partial charge < -0.3 is 14.9 Å². The standard InChI is InChI=1S/C27H18O3/c28-21-14-17-10-4-6-12-19(17)24-23(16-8-2-1-3-9-16)25-20-13-7-5-11-18(20)15-22(29)27(25)30-26(21)24/h1-15,23,28-29H. The molecule has 0 saturated carbocycles. The highest BCUT2D eigenvalue weighted by Crippen LogP contribution is 2.57. The van der Waals surface area contributed by atoms with E-state index in [1.54, 1.807) is 12.1 Å². The molecule has 0 radical (unpaired) electrons. The molecule has 1 aliphatic heterocycles. The molecule has 0 amide bonds. The number of hydrogen-bond acceptors (Lipinski definition) is 3. The molecule has 0 aromatic heterocycles. The lowest BCUT2D eigenvalue weighted by Gasteiger charge is -2.32.